The van der Waals surface area contributed by atoms with Gasteiger partial charge in [0.2, 0.25) is 0 Å². The molecule has 11 rings (SSSR count). The summed E-state index contributed by atoms with van der Waals surface area (Å²) in [6.07, 6.45) is 0. The van der Waals surface area contributed by atoms with Crippen molar-refractivity contribution in [2.75, 3.05) is 0 Å². The van der Waals surface area contributed by atoms with Crippen LogP contribution < -0.4 is 0 Å². The molecule has 3 nitrogen and oxygen atoms in total. The molecule has 0 aliphatic rings. The molecule has 4 heteroatoms. The maximum absolute atomic E-state index is 5.29. The van der Waals surface area contributed by atoms with Crippen molar-refractivity contribution >= 4 is 74.9 Å². The zero-order chi connectivity index (χ0) is 34.9. The molecule has 0 unspecified atom stereocenters. The van der Waals surface area contributed by atoms with Gasteiger partial charge in [-0.25, -0.2) is 15.0 Å². The minimum Gasteiger partial charge on any atom is -0.247 e. The lowest BCUT2D eigenvalue weighted by atomic mass is 9.95. The third kappa shape index (κ3) is 4.84. The minimum atomic E-state index is 0.714. The monoisotopic (exact) mass is 691 g/mol. The van der Waals surface area contributed by atoms with E-state index in [2.05, 4.69) is 170 Å². The van der Waals surface area contributed by atoms with E-state index >= 15 is 0 Å². The van der Waals surface area contributed by atoms with Crippen LogP contribution in [0.3, 0.4) is 0 Å². The molecule has 11 aromatic rings. The van der Waals surface area contributed by atoms with E-state index in [-0.39, 0.29) is 0 Å². The molecule has 0 saturated carbocycles. The first-order chi connectivity index (χ1) is 26.3. The van der Waals surface area contributed by atoms with E-state index in [0.717, 1.165) is 55.6 Å². The average Bonchev–Trinajstić information content (AvgIpc) is 3.62. The number of rotatable bonds is 4. The van der Waals surface area contributed by atoms with Crippen LogP contribution in [0.15, 0.2) is 176 Å². The predicted molar refractivity (Wildman–Crippen MR) is 224 cm³/mol. The average molecular weight is 692 g/mol. The van der Waals surface area contributed by atoms with Gasteiger partial charge in [0.15, 0.2) is 5.82 Å². The smallest absolute Gasteiger partial charge is 0.160 e. The van der Waals surface area contributed by atoms with E-state index in [4.69, 9.17) is 15.0 Å². The molecule has 0 N–H and O–H groups in total. The first-order valence-electron chi connectivity index (χ1n) is 17.9. The number of benzene rings is 8. The Hall–Kier alpha value is -6.75. The van der Waals surface area contributed by atoms with Gasteiger partial charge >= 0.3 is 0 Å². The van der Waals surface area contributed by atoms with Gasteiger partial charge in [0, 0.05) is 58.4 Å². The highest BCUT2D eigenvalue weighted by molar-refractivity contribution is 7.26. The van der Waals surface area contributed by atoms with Crippen molar-refractivity contribution in [3.63, 3.8) is 0 Å². The zero-order valence-electron chi connectivity index (χ0n) is 28.5. The number of pyridine rings is 1. The normalized spacial score (nSPS) is 11.8. The van der Waals surface area contributed by atoms with Crippen LogP contribution in [-0.4, -0.2) is 15.0 Å². The van der Waals surface area contributed by atoms with Crippen molar-refractivity contribution in [1.82, 2.24) is 15.0 Å². The molecule has 0 amide bonds. The highest BCUT2D eigenvalue weighted by atomic mass is 32.1. The van der Waals surface area contributed by atoms with Gasteiger partial charge in [0.25, 0.3) is 0 Å². The largest absolute Gasteiger partial charge is 0.247 e. The van der Waals surface area contributed by atoms with Crippen LogP contribution in [-0.2, 0) is 0 Å². The summed E-state index contributed by atoms with van der Waals surface area (Å²) in [5.41, 5.74) is 9.34. The predicted octanol–water partition coefficient (Wildman–Crippen LogP) is 13.5. The van der Waals surface area contributed by atoms with Gasteiger partial charge in [-0.05, 0) is 46.2 Å². The van der Waals surface area contributed by atoms with Gasteiger partial charge < -0.3 is 0 Å². The van der Waals surface area contributed by atoms with Gasteiger partial charge in [-0.3, -0.25) is 0 Å². The summed E-state index contributed by atoms with van der Waals surface area (Å²) in [6, 6.07) is 62.4. The van der Waals surface area contributed by atoms with Crippen LogP contribution in [0.5, 0.6) is 0 Å². The molecule has 0 spiro atoms. The summed E-state index contributed by atoms with van der Waals surface area (Å²) in [6.45, 7) is 0. The summed E-state index contributed by atoms with van der Waals surface area (Å²) >= 11 is 1.87. The van der Waals surface area contributed by atoms with E-state index in [1.807, 2.05) is 17.4 Å². The maximum atomic E-state index is 5.29. The third-order valence-electron chi connectivity index (χ3n) is 10.5. The van der Waals surface area contributed by atoms with Crippen molar-refractivity contribution in [3.05, 3.63) is 176 Å². The summed E-state index contributed by atoms with van der Waals surface area (Å²) in [4.78, 5) is 15.5. The van der Waals surface area contributed by atoms with Crippen LogP contribution in [0, 0.1) is 0 Å². The SMILES string of the molecule is c1cc(-c2ccc(-c3nc(-c4cccc5ccccc45)c4ccccc4n3)cc2)cc(-c2nc3ccccc3c3c2ccc2c4ccccc4sc23)c1. The molecule has 0 fully saturated rings. The van der Waals surface area contributed by atoms with Crippen molar-refractivity contribution in [2.24, 2.45) is 0 Å². The van der Waals surface area contributed by atoms with Crippen molar-refractivity contribution < 1.29 is 0 Å². The highest BCUT2D eigenvalue weighted by Gasteiger charge is 2.17. The third-order valence-corrected chi connectivity index (χ3v) is 11.7. The van der Waals surface area contributed by atoms with E-state index in [1.165, 1.54) is 47.1 Å². The van der Waals surface area contributed by atoms with E-state index < -0.39 is 0 Å². The number of hydrogen-bond acceptors (Lipinski definition) is 4. The topological polar surface area (TPSA) is 38.7 Å². The Kier molecular flexibility index (Phi) is 6.73. The highest BCUT2D eigenvalue weighted by Crippen LogP contribution is 2.43. The molecule has 0 aliphatic carbocycles. The summed E-state index contributed by atoms with van der Waals surface area (Å²) < 4.78 is 2.62. The van der Waals surface area contributed by atoms with Crippen molar-refractivity contribution in [2.45, 2.75) is 0 Å². The zero-order valence-corrected chi connectivity index (χ0v) is 29.3. The number of aromatic nitrogens is 3. The molecule has 8 aromatic carbocycles. The second-order valence-corrected chi connectivity index (χ2v) is 14.6. The Morgan fingerprint density at radius 1 is 0.358 bits per heavy atom. The molecule has 246 valence electrons. The fourth-order valence-electron chi connectivity index (χ4n) is 7.94. The fraction of sp³-hybridized carbons (Fsp3) is 0. The summed E-state index contributed by atoms with van der Waals surface area (Å²) in [5.74, 6) is 0.714. The molecular weight excluding hydrogens is 663 g/mol. The standard InChI is InChI=1S/C49H29N3S/c1-2-15-35-31(11-1)12-10-19-37(35)47-40-18-4-7-21-43(40)51-49(52-47)32-25-23-30(24-26-32)33-13-9-14-34(29-33)46-41-28-27-38-36-16-5-8-22-44(36)53-48(38)45(41)39-17-3-6-20-42(39)50-46/h1-29H. The number of hydrogen-bond donors (Lipinski definition) is 0. The van der Waals surface area contributed by atoms with E-state index in [0.29, 0.717) is 5.82 Å². The molecule has 0 aliphatic heterocycles. The second-order valence-electron chi connectivity index (χ2n) is 13.5. The maximum Gasteiger partial charge on any atom is 0.160 e. The molecular formula is C49H29N3S. The van der Waals surface area contributed by atoms with Gasteiger partial charge in [-0.15, -0.1) is 11.3 Å². The molecule has 0 bridgehead atoms. The molecule has 0 saturated heterocycles. The Labute approximate surface area is 309 Å². The van der Waals surface area contributed by atoms with Gasteiger partial charge in [0.1, 0.15) is 0 Å². The number of nitrogens with zero attached hydrogens (tertiary/aromatic N) is 3. The Morgan fingerprint density at radius 2 is 1.00 bits per heavy atom. The molecule has 0 atom stereocenters. The van der Waals surface area contributed by atoms with Crippen molar-refractivity contribution in [3.8, 4) is 45.0 Å². The van der Waals surface area contributed by atoms with Gasteiger partial charge in [0.05, 0.1) is 22.4 Å². The fourth-order valence-corrected chi connectivity index (χ4v) is 9.20. The lowest BCUT2D eigenvalue weighted by Crippen LogP contribution is -1.96. The molecule has 53 heavy (non-hydrogen) atoms. The summed E-state index contributed by atoms with van der Waals surface area (Å²) in [5, 5.41) is 9.67. The van der Waals surface area contributed by atoms with Crippen LogP contribution in [0.4, 0.5) is 0 Å². The van der Waals surface area contributed by atoms with E-state index in [9.17, 15) is 0 Å². The summed E-state index contributed by atoms with van der Waals surface area (Å²) in [7, 11) is 0. The Morgan fingerprint density at radius 3 is 1.87 bits per heavy atom. The van der Waals surface area contributed by atoms with Crippen LogP contribution in [0.25, 0.3) is 109 Å². The Bertz CT molecular complexity index is 3230. The minimum absolute atomic E-state index is 0.714. The van der Waals surface area contributed by atoms with Crippen LogP contribution in [0.1, 0.15) is 0 Å². The van der Waals surface area contributed by atoms with Crippen molar-refractivity contribution in [1.29, 1.82) is 0 Å². The second kappa shape index (κ2) is 11.9. The van der Waals surface area contributed by atoms with Crippen LogP contribution in [0.2, 0.25) is 0 Å². The number of fused-ring (bicyclic) bond motifs is 9. The van der Waals surface area contributed by atoms with Gasteiger partial charge in [-0.2, -0.15) is 0 Å². The molecule has 3 heterocycles. The Balaban J connectivity index is 1.02. The first-order valence-corrected chi connectivity index (χ1v) is 18.7. The van der Waals surface area contributed by atoms with Crippen LogP contribution >= 0.6 is 11.3 Å². The molecule has 0 radical (unpaired) electrons. The van der Waals surface area contributed by atoms with Gasteiger partial charge in [-0.1, -0.05) is 152 Å². The first kappa shape index (κ1) is 29.9. The molecule has 3 aromatic heterocycles. The number of thiophene rings is 1. The lowest BCUT2D eigenvalue weighted by molar-refractivity contribution is 1.23. The quantitative estimate of drug-likeness (QED) is 0.172. The lowest BCUT2D eigenvalue weighted by Gasteiger charge is -2.13. The number of para-hydroxylation sites is 2. The van der Waals surface area contributed by atoms with E-state index in [1.54, 1.807) is 0 Å².